The number of nitrogens with one attached hydrogen (secondary N) is 1. The van der Waals surface area contributed by atoms with E-state index >= 15 is 0 Å². The third kappa shape index (κ3) is 2.65. The van der Waals surface area contributed by atoms with E-state index in [9.17, 15) is 0 Å². The van der Waals surface area contributed by atoms with Gasteiger partial charge in [-0.1, -0.05) is 24.3 Å². The fourth-order valence-corrected chi connectivity index (χ4v) is 2.33. The monoisotopic (exact) mass is 255 g/mol. The molecule has 3 nitrogen and oxygen atoms in total. The smallest absolute Gasteiger partial charge is 0.123 e. The number of fused-ring (bicyclic) bond motifs is 1. The van der Waals surface area contributed by atoms with Crippen LogP contribution in [0.25, 0.3) is 0 Å². The summed E-state index contributed by atoms with van der Waals surface area (Å²) in [5.41, 5.74) is 2.35. The first kappa shape index (κ1) is 11.9. The van der Waals surface area contributed by atoms with E-state index in [0.29, 0.717) is 0 Å². The molecule has 1 aliphatic heterocycles. The first-order valence-electron chi connectivity index (χ1n) is 6.47. The maximum Gasteiger partial charge on any atom is 0.123 e. The van der Waals surface area contributed by atoms with Crippen LogP contribution in [-0.2, 0) is 6.42 Å². The molecule has 3 rings (SSSR count). The Balaban J connectivity index is 1.59. The number of anilines is 1. The summed E-state index contributed by atoms with van der Waals surface area (Å²) in [5, 5.41) is 3.39. The number of benzene rings is 2. The molecule has 0 amide bonds. The first-order chi connectivity index (χ1) is 9.35. The minimum Gasteiger partial charge on any atom is -0.497 e. The van der Waals surface area contributed by atoms with Gasteiger partial charge in [-0.2, -0.15) is 0 Å². The lowest BCUT2D eigenvalue weighted by molar-refractivity contribution is 0.246. The van der Waals surface area contributed by atoms with Gasteiger partial charge >= 0.3 is 0 Å². The van der Waals surface area contributed by atoms with E-state index in [0.717, 1.165) is 30.2 Å². The third-order valence-corrected chi connectivity index (χ3v) is 3.32. The lowest BCUT2D eigenvalue weighted by atomic mass is 10.1. The van der Waals surface area contributed by atoms with Gasteiger partial charge in [0.2, 0.25) is 0 Å². The summed E-state index contributed by atoms with van der Waals surface area (Å²) in [4.78, 5) is 0. The van der Waals surface area contributed by atoms with Gasteiger partial charge in [-0.05, 0) is 23.8 Å². The van der Waals surface area contributed by atoms with Crippen LogP contribution in [0.5, 0.6) is 11.5 Å². The molecule has 0 saturated heterocycles. The number of hydrogen-bond acceptors (Lipinski definition) is 3. The number of ether oxygens (including phenoxy) is 2. The van der Waals surface area contributed by atoms with Crippen molar-refractivity contribution in [2.24, 2.45) is 0 Å². The standard InChI is InChI=1S/C16H17NO2/c1-18-14-7-4-6-13(10-14)17-11-15-9-12-5-2-3-8-16(12)19-15/h2-8,10,15,17H,9,11H2,1H3. The zero-order valence-corrected chi connectivity index (χ0v) is 10.9. The minimum atomic E-state index is 0.198. The summed E-state index contributed by atoms with van der Waals surface area (Å²) in [6.07, 6.45) is 1.16. The van der Waals surface area contributed by atoms with Gasteiger partial charge in [0, 0.05) is 18.2 Å². The molecule has 0 spiro atoms. The summed E-state index contributed by atoms with van der Waals surface area (Å²) in [7, 11) is 1.68. The van der Waals surface area contributed by atoms with Crippen molar-refractivity contribution in [2.75, 3.05) is 19.0 Å². The zero-order valence-electron chi connectivity index (χ0n) is 10.9. The molecule has 1 heterocycles. The van der Waals surface area contributed by atoms with Gasteiger partial charge in [0.1, 0.15) is 17.6 Å². The van der Waals surface area contributed by atoms with E-state index in [4.69, 9.17) is 9.47 Å². The molecule has 0 radical (unpaired) electrons. The summed E-state index contributed by atoms with van der Waals surface area (Å²) < 4.78 is 11.1. The summed E-state index contributed by atoms with van der Waals surface area (Å²) in [6, 6.07) is 16.2. The average Bonchev–Trinajstić information content (AvgIpc) is 2.88. The molecule has 1 atom stereocenters. The highest BCUT2D eigenvalue weighted by molar-refractivity contribution is 5.48. The van der Waals surface area contributed by atoms with Crippen molar-refractivity contribution in [3.8, 4) is 11.5 Å². The zero-order chi connectivity index (χ0) is 13.1. The van der Waals surface area contributed by atoms with Crippen molar-refractivity contribution in [2.45, 2.75) is 12.5 Å². The van der Waals surface area contributed by atoms with Gasteiger partial charge < -0.3 is 14.8 Å². The molecule has 0 aliphatic carbocycles. The van der Waals surface area contributed by atoms with Crippen LogP contribution in [0.1, 0.15) is 5.56 Å². The molecule has 0 fully saturated rings. The summed E-state index contributed by atoms with van der Waals surface area (Å²) in [6.45, 7) is 0.793. The van der Waals surface area contributed by atoms with Crippen LogP contribution in [0.3, 0.4) is 0 Å². The van der Waals surface area contributed by atoms with Gasteiger partial charge in [0.15, 0.2) is 0 Å². The van der Waals surface area contributed by atoms with Gasteiger partial charge in [-0.3, -0.25) is 0 Å². The van der Waals surface area contributed by atoms with Crippen LogP contribution in [0, 0.1) is 0 Å². The van der Waals surface area contributed by atoms with Gasteiger partial charge in [-0.25, -0.2) is 0 Å². The second-order valence-electron chi connectivity index (χ2n) is 4.66. The van der Waals surface area contributed by atoms with Crippen molar-refractivity contribution < 1.29 is 9.47 Å². The normalized spacial score (nSPS) is 16.6. The minimum absolute atomic E-state index is 0.198. The predicted octanol–water partition coefficient (Wildman–Crippen LogP) is 3.11. The van der Waals surface area contributed by atoms with Crippen LogP contribution in [0.15, 0.2) is 48.5 Å². The fraction of sp³-hybridized carbons (Fsp3) is 0.250. The van der Waals surface area contributed by atoms with E-state index < -0.39 is 0 Å². The molecule has 1 unspecified atom stereocenters. The van der Waals surface area contributed by atoms with Gasteiger partial charge in [0.25, 0.3) is 0 Å². The lowest BCUT2D eigenvalue weighted by Gasteiger charge is -2.13. The molecular formula is C16H17NO2. The van der Waals surface area contributed by atoms with Crippen molar-refractivity contribution in [1.82, 2.24) is 0 Å². The van der Waals surface area contributed by atoms with E-state index in [2.05, 4.69) is 17.4 Å². The quantitative estimate of drug-likeness (QED) is 0.910. The maximum atomic E-state index is 5.89. The predicted molar refractivity (Wildman–Crippen MR) is 76.0 cm³/mol. The Morgan fingerprint density at radius 1 is 1.21 bits per heavy atom. The second kappa shape index (κ2) is 5.22. The van der Waals surface area contributed by atoms with E-state index in [1.165, 1.54) is 5.56 Å². The van der Waals surface area contributed by atoms with Crippen LogP contribution in [0.2, 0.25) is 0 Å². The number of rotatable bonds is 4. The Bertz CT molecular complexity index is 543. The molecule has 98 valence electrons. The largest absolute Gasteiger partial charge is 0.497 e. The number of hydrogen-bond donors (Lipinski definition) is 1. The molecule has 0 aromatic heterocycles. The van der Waals surface area contributed by atoms with Crippen LogP contribution >= 0.6 is 0 Å². The molecule has 2 aromatic carbocycles. The topological polar surface area (TPSA) is 30.5 Å². The highest BCUT2D eigenvalue weighted by Crippen LogP contribution is 2.28. The van der Waals surface area contributed by atoms with Crippen LogP contribution in [0.4, 0.5) is 5.69 Å². The van der Waals surface area contributed by atoms with Crippen molar-refractivity contribution in [3.05, 3.63) is 54.1 Å². The molecule has 1 N–H and O–H groups in total. The van der Waals surface area contributed by atoms with Crippen LogP contribution < -0.4 is 14.8 Å². The molecule has 0 bridgehead atoms. The molecule has 19 heavy (non-hydrogen) atoms. The van der Waals surface area contributed by atoms with Crippen LogP contribution in [-0.4, -0.2) is 19.8 Å². The molecular weight excluding hydrogens is 238 g/mol. The van der Waals surface area contributed by atoms with Crippen molar-refractivity contribution in [3.63, 3.8) is 0 Å². The highest BCUT2D eigenvalue weighted by atomic mass is 16.5. The van der Waals surface area contributed by atoms with E-state index in [1.807, 2.05) is 36.4 Å². The SMILES string of the molecule is COc1cccc(NCC2Cc3ccccc3O2)c1. The second-order valence-corrected chi connectivity index (χ2v) is 4.66. The molecule has 1 aliphatic rings. The van der Waals surface area contributed by atoms with E-state index in [-0.39, 0.29) is 6.10 Å². The Labute approximate surface area is 113 Å². The summed E-state index contributed by atoms with van der Waals surface area (Å²) >= 11 is 0. The Hall–Kier alpha value is -2.16. The van der Waals surface area contributed by atoms with Crippen molar-refractivity contribution in [1.29, 1.82) is 0 Å². The maximum absolute atomic E-state index is 5.89. The van der Waals surface area contributed by atoms with Crippen molar-refractivity contribution >= 4 is 5.69 Å². The molecule has 3 heteroatoms. The van der Waals surface area contributed by atoms with E-state index in [1.54, 1.807) is 7.11 Å². The Morgan fingerprint density at radius 2 is 2.11 bits per heavy atom. The van der Waals surface area contributed by atoms with Gasteiger partial charge in [0.05, 0.1) is 13.7 Å². The number of para-hydroxylation sites is 1. The molecule has 0 saturated carbocycles. The fourth-order valence-electron chi connectivity index (χ4n) is 2.33. The Morgan fingerprint density at radius 3 is 2.95 bits per heavy atom. The third-order valence-electron chi connectivity index (χ3n) is 3.32. The van der Waals surface area contributed by atoms with Gasteiger partial charge in [-0.15, -0.1) is 0 Å². The first-order valence-corrected chi connectivity index (χ1v) is 6.47. The number of methoxy groups -OCH3 is 1. The lowest BCUT2D eigenvalue weighted by Crippen LogP contribution is -2.23. The average molecular weight is 255 g/mol. The highest BCUT2D eigenvalue weighted by Gasteiger charge is 2.21. The Kier molecular flexibility index (Phi) is 3.27. The molecule has 2 aromatic rings. The summed E-state index contributed by atoms with van der Waals surface area (Å²) in [5.74, 6) is 1.88.